The second-order valence-electron chi connectivity index (χ2n) is 9.07. The van der Waals surface area contributed by atoms with Gasteiger partial charge in [0.25, 0.3) is 0 Å². The maximum Gasteiger partial charge on any atom is 0.416 e. The first kappa shape index (κ1) is 27.1. The van der Waals surface area contributed by atoms with Crippen LogP contribution in [0.1, 0.15) is 39.8 Å². The van der Waals surface area contributed by atoms with Crippen LogP contribution in [0.15, 0.2) is 88.5 Å². The van der Waals surface area contributed by atoms with Gasteiger partial charge in [0.1, 0.15) is 0 Å². The fourth-order valence-corrected chi connectivity index (χ4v) is 4.61. The molecule has 0 saturated heterocycles. The summed E-state index contributed by atoms with van der Waals surface area (Å²) in [5, 5.41) is 2.42. The minimum absolute atomic E-state index is 0.00152. The highest BCUT2D eigenvalue weighted by atomic mass is 19.4. The Morgan fingerprint density at radius 1 is 0.684 bits per heavy atom. The lowest BCUT2D eigenvalue weighted by molar-refractivity contribution is -0.143. The van der Waals surface area contributed by atoms with Gasteiger partial charge in [-0.3, -0.25) is 9.59 Å². The standard InChI is InChI=1S/C28H22F6N2O2/c1-36(2)24(17-11-7-4-8-12-17)21(16-9-5-3-6-10-16)22-23(26(38)25(22)37)35-20-14-18(27(29,30)31)13-19(15-20)28(32,33)34/h3-15,21,24,35H,1-2H3/t21-,24+/m0/s1. The van der Waals surface area contributed by atoms with E-state index in [-0.39, 0.29) is 17.3 Å². The average Bonchev–Trinajstić information content (AvgIpc) is 2.87. The highest BCUT2D eigenvalue weighted by Crippen LogP contribution is 2.43. The van der Waals surface area contributed by atoms with Gasteiger partial charge in [-0.25, -0.2) is 0 Å². The molecule has 4 rings (SSSR count). The topological polar surface area (TPSA) is 49.4 Å². The minimum atomic E-state index is -5.07. The van der Waals surface area contributed by atoms with Crippen molar-refractivity contribution in [1.82, 2.24) is 4.90 Å². The zero-order chi connectivity index (χ0) is 27.8. The number of halogens is 6. The molecule has 4 aromatic rings. The van der Waals surface area contributed by atoms with Crippen LogP contribution in [0.2, 0.25) is 0 Å². The number of hydrogen-bond donors (Lipinski definition) is 1. The second-order valence-corrected chi connectivity index (χ2v) is 9.07. The summed E-state index contributed by atoms with van der Waals surface area (Å²) in [7, 11) is 3.54. The molecule has 0 fully saturated rings. The van der Waals surface area contributed by atoms with E-state index in [4.69, 9.17) is 0 Å². The van der Waals surface area contributed by atoms with Gasteiger partial charge in [-0.15, -0.1) is 0 Å². The molecular weight excluding hydrogens is 510 g/mol. The molecule has 198 valence electrons. The van der Waals surface area contributed by atoms with Crippen LogP contribution in [0, 0.1) is 0 Å². The minimum Gasteiger partial charge on any atom is -0.352 e. The molecule has 0 amide bonds. The fourth-order valence-electron chi connectivity index (χ4n) is 4.61. The van der Waals surface area contributed by atoms with Gasteiger partial charge in [0.2, 0.25) is 10.9 Å². The summed E-state index contributed by atoms with van der Waals surface area (Å²) in [5.74, 6) is -0.755. The molecule has 0 aliphatic carbocycles. The molecule has 0 heterocycles. The molecule has 0 spiro atoms. The van der Waals surface area contributed by atoms with E-state index in [9.17, 15) is 35.9 Å². The predicted octanol–water partition coefficient (Wildman–Crippen LogP) is 6.50. The smallest absolute Gasteiger partial charge is 0.352 e. The van der Waals surface area contributed by atoms with Crippen molar-refractivity contribution < 1.29 is 26.3 Å². The number of hydrogen-bond acceptors (Lipinski definition) is 4. The van der Waals surface area contributed by atoms with E-state index in [1.165, 1.54) is 0 Å². The van der Waals surface area contributed by atoms with E-state index in [0.29, 0.717) is 17.7 Å². The molecule has 0 aliphatic rings. The van der Waals surface area contributed by atoms with Crippen LogP contribution in [0.5, 0.6) is 0 Å². The third kappa shape index (κ3) is 5.35. The molecule has 0 radical (unpaired) electrons. The van der Waals surface area contributed by atoms with Crippen LogP contribution in [0.3, 0.4) is 0 Å². The number of benzene rings is 3. The lowest BCUT2D eigenvalue weighted by Crippen LogP contribution is -2.42. The Hall–Kier alpha value is -3.92. The monoisotopic (exact) mass is 532 g/mol. The summed E-state index contributed by atoms with van der Waals surface area (Å²) in [4.78, 5) is 27.5. The molecule has 0 bridgehead atoms. The maximum atomic E-state index is 13.4. The van der Waals surface area contributed by atoms with E-state index in [1.807, 2.05) is 23.1 Å². The first-order valence-electron chi connectivity index (χ1n) is 11.4. The molecule has 2 atom stereocenters. The van der Waals surface area contributed by atoms with Crippen LogP contribution in [-0.2, 0) is 12.4 Å². The summed E-state index contributed by atoms with van der Waals surface area (Å²) in [6.07, 6.45) is -10.1. The third-order valence-electron chi connectivity index (χ3n) is 6.29. The van der Waals surface area contributed by atoms with Gasteiger partial charge in [0.05, 0.1) is 16.8 Å². The summed E-state index contributed by atoms with van der Waals surface area (Å²) >= 11 is 0. The summed E-state index contributed by atoms with van der Waals surface area (Å²) in [6, 6.07) is 18.3. The van der Waals surface area contributed by atoms with E-state index in [2.05, 4.69) is 5.32 Å². The van der Waals surface area contributed by atoms with Gasteiger partial charge < -0.3 is 10.2 Å². The zero-order valence-corrected chi connectivity index (χ0v) is 20.2. The number of nitrogens with one attached hydrogen (secondary N) is 1. The van der Waals surface area contributed by atoms with Crippen molar-refractivity contribution in [2.75, 3.05) is 19.4 Å². The van der Waals surface area contributed by atoms with Crippen molar-refractivity contribution in [3.8, 4) is 0 Å². The lowest BCUT2D eigenvalue weighted by Gasteiger charge is -2.35. The Balaban J connectivity index is 1.89. The molecule has 0 aromatic heterocycles. The molecule has 4 aromatic carbocycles. The number of alkyl halides is 6. The molecular formula is C28H22F6N2O2. The number of nitrogens with zero attached hydrogens (tertiary/aromatic N) is 1. The predicted molar refractivity (Wildman–Crippen MR) is 132 cm³/mol. The van der Waals surface area contributed by atoms with Gasteiger partial charge in [0, 0.05) is 23.2 Å². The van der Waals surface area contributed by atoms with Gasteiger partial charge >= 0.3 is 12.4 Å². The van der Waals surface area contributed by atoms with Gasteiger partial charge in [-0.05, 0) is 43.4 Å². The molecule has 38 heavy (non-hydrogen) atoms. The van der Waals surface area contributed by atoms with Crippen molar-refractivity contribution >= 4 is 11.4 Å². The van der Waals surface area contributed by atoms with E-state index < -0.39 is 52.0 Å². The molecule has 0 saturated carbocycles. The van der Waals surface area contributed by atoms with Gasteiger partial charge in [-0.2, -0.15) is 26.3 Å². The van der Waals surface area contributed by atoms with Crippen molar-refractivity contribution in [2.45, 2.75) is 24.3 Å². The molecule has 0 aliphatic heterocycles. The molecule has 1 N–H and O–H groups in total. The van der Waals surface area contributed by atoms with Crippen molar-refractivity contribution in [3.05, 3.63) is 127 Å². The largest absolute Gasteiger partial charge is 0.416 e. The molecule has 4 nitrogen and oxygen atoms in total. The van der Waals surface area contributed by atoms with Crippen LogP contribution in [0.25, 0.3) is 0 Å². The first-order chi connectivity index (χ1) is 17.8. The van der Waals surface area contributed by atoms with E-state index >= 15 is 0 Å². The second kappa shape index (κ2) is 10.1. The normalized spacial score (nSPS) is 14.0. The summed E-state index contributed by atoms with van der Waals surface area (Å²) < 4.78 is 80.3. The first-order valence-corrected chi connectivity index (χ1v) is 11.4. The Morgan fingerprint density at radius 2 is 1.16 bits per heavy atom. The van der Waals surface area contributed by atoms with Crippen molar-refractivity contribution in [1.29, 1.82) is 0 Å². The highest BCUT2D eigenvalue weighted by molar-refractivity contribution is 5.70. The fraction of sp³-hybridized carbons (Fsp3) is 0.214. The van der Waals surface area contributed by atoms with Gasteiger partial charge in [-0.1, -0.05) is 60.7 Å². The third-order valence-corrected chi connectivity index (χ3v) is 6.29. The van der Waals surface area contributed by atoms with Crippen LogP contribution in [0.4, 0.5) is 37.7 Å². The number of anilines is 2. The Morgan fingerprint density at radius 3 is 1.61 bits per heavy atom. The summed E-state index contributed by atoms with van der Waals surface area (Å²) in [6.45, 7) is 0. The van der Waals surface area contributed by atoms with Gasteiger partial charge in [0.15, 0.2) is 0 Å². The van der Waals surface area contributed by atoms with Crippen molar-refractivity contribution in [2.24, 2.45) is 0 Å². The summed E-state index contributed by atoms with van der Waals surface area (Å²) in [5.41, 5.74) is -4.46. The van der Waals surface area contributed by atoms with E-state index in [1.54, 1.807) is 56.6 Å². The number of rotatable bonds is 7. The Labute approximate surface area is 213 Å². The van der Waals surface area contributed by atoms with Crippen molar-refractivity contribution in [3.63, 3.8) is 0 Å². The van der Waals surface area contributed by atoms with Crippen LogP contribution < -0.4 is 16.2 Å². The quantitative estimate of drug-likeness (QED) is 0.218. The molecule has 10 heteroatoms. The van der Waals surface area contributed by atoms with E-state index in [0.717, 1.165) is 5.56 Å². The SMILES string of the molecule is CN(C)[C@H](c1ccccc1)[C@@H](c1ccccc1)c1c(Nc2cc(C(F)(F)F)cc(C(F)(F)F)c2)c(=O)c1=O. The Bertz CT molecular complexity index is 1460. The average molecular weight is 532 g/mol. The zero-order valence-electron chi connectivity index (χ0n) is 20.2. The molecule has 0 unspecified atom stereocenters. The Kier molecular flexibility index (Phi) is 7.20. The highest BCUT2D eigenvalue weighted by Gasteiger charge is 2.39. The maximum absolute atomic E-state index is 13.4. The van der Waals surface area contributed by atoms with Crippen LogP contribution >= 0.6 is 0 Å². The van der Waals surface area contributed by atoms with Crippen LogP contribution in [-0.4, -0.2) is 19.0 Å². The lowest BCUT2D eigenvalue weighted by atomic mass is 9.78. The number of likely N-dealkylation sites (N-methyl/N-ethyl adjacent to an activating group) is 1.